The number of isocyanates is 1. The molecule has 0 radical (unpaired) electrons. The molecule has 0 heterocycles. The normalized spacial score (nSPS) is 11.2. The third kappa shape index (κ3) is 2.07. The molecule has 1 unspecified atom stereocenters. The highest BCUT2D eigenvalue weighted by Crippen LogP contribution is 2.20. The molecule has 1 atom stereocenters. The number of aliphatic imine (C=N–C) groups is 1. The van der Waals surface area contributed by atoms with Crippen molar-refractivity contribution in [2.75, 3.05) is 0 Å². The Morgan fingerprint density at radius 2 is 2.14 bits per heavy atom. The fourth-order valence-electron chi connectivity index (χ4n) is 1.35. The van der Waals surface area contributed by atoms with Crippen LogP contribution in [0.4, 0.5) is 0 Å². The lowest BCUT2D eigenvalue weighted by atomic mass is 10.0. The van der Waals surface area contributed by atoms with E-state index < -0.39 is 6.04 Å². The summed E-state index contributed by atoms with van der Waals surface area (Å²) in [5.74, 6) is 0. The summed E-state index contributed by atoms with van der Waals surface area (Å²) in [5, 5.41) is 8.78. The molecule has 0 amide bonds. The van der Waals surface area contributed by atoms with E-state index >= 15 is 0 Å². The smallest absolute Gasteiger partial charge is 0.211 e. The largest absolute Gasteiger partial charge is 0.236 e. The molecule has 0 aliphatic carbocycles. The van der Waals surface area contributed by atoms with Gasteiger partial charge in [-0.2, -0.15) is 10.3 Å². The van der Waals surface area contributed by atoms with Crippen LogP contribution in [0.2, 0.25) is 0 Å². The first-order valence-electron chi connectivity index (χ1n) is 4.22. The summed E-state index contributed by atoms with van der Waals surface area (Å²) >= 11 is 0. The van der Waals surface area contributed by atoms with E-state index in [-0.39, 0.29) is 0 Å². The first-order valence-corrected chi connectivity index (χ1v) is 4.22. The Balaban J connectivity index is 3.18. The van der Waals surface area contributed by atoms with Crippen LogP contribution in [0.1, 0.15) is 22.7 Å². The molecule has 0 aliphatic heterocycles. The van der Waals surface area contributed by atoms with Gasteiger partial charge in [0.05, 0.1) is 6.07 Å². The van der Waals surface area contributed by atoms with E-state index in [1.54, 1.807) is 0 Å². The summed E-state index contributed by atoms with van der Waals surface area (Å²) in [5.41, 5.74) is 2.86. The average molecular weight is 186 g/mol. The van der Waals surface area contributed by atoms with Gasteiger partial charge in [-0.15, -0.1) is 0 Å². The summed E-state index contributed by atoms with van der Waals surface area (Å²) < 4.78 is 0. The van der Waals surface area contributed by atoms with E-state index in [0.29, 0.717) is 0 Å². The van der Waals surface area contributed by atoms with Gasteiger partial charge in [0.15, 0.2) is 6.04 Å². The molecule has 3 nitrogen and oxygen atoms in total. The van der Waals surface area contributed by atoms with Crippen LogP contribution in [0.15, 0.2) is 23.2 Å². The first-order chi connectivity index (χ1) is 6.69. The van der Waals surface area contributed by atoms with E-state index in [0.717, 1.165) is 16.7 Å². The molecule has 0 saturated heterocycles. The van der Waals surface area contributed by atoms with Crippen LogP contribution in [0, 0.1) is 25.2 Å². The van der Waals surface area contributed by atoms with Gasteiger partial charge in [0.2, 0.25) is 6.08 Å². The van der Waals surface area contributed by atoms with Crippen molar-refractivity contribution in [3.05, 3.63) is 34.9 Å². The molecule has 1 aromatic carbocycles. The second-order valence-electron chi connectivity index (χ2n) is 3.11. The number of carbonyl (C=O) groups excluding carboxylic acids is 1. The van der Waals surface area contributed by atoms with Crippen LogP contribution >= 0.6 is 0 Å². The minimum absolute atomic E-state index is 0.729. The third-order valence-electron chi connectivity index (χ3n) is 2.02. The second kappa shape index (κ2) is 4.36. The number of aryl methyl sites for hydroxylation is 2. The zero-order valence-electron chi connectivity index (χ0n) is 8.11. The minimum Gasteiger partial charge on any atom is -0.211 e. The second-order valence-corrected chi connectivity index (χ2v) is 3.11. The summed E-state index contributed by atoms with van der Waals surface area (Å²) in [6.45, 7) is 3.87. The highest BCUT2D eigenvalue weighted by molar-refractivity contribution is 5.41. The molecule has 70 valence electrons. The fraction of sp³-hybridized carbons (Fsp3) is 0.273. The van der Waals surface area contributed by atoms with Gasteiger partial charge < -0.3 is 0 Å². The Morgan fingerprint density at radius 3 is 2.64 bits per heavy atom. The van der Waals surface area contributed by atoms with E-state index in [9.17, 15) is 4.79 Å². The number of nitriles is 1. The van der Waals surface area contributed by atoms with Crippen LogP contribution in [0.3, 0.4) is 0 Å². The summed E-state index contributed by atoms with van der Waals surface area (Å²) in [7, 11) is 0. The molecule has 0 aliphatic rings. The lowest BCUT2D eigenvalue weighted by Crippen LogP contribution is -1.95. The number of benzene rings is 1. The van der Waals surface area contributed by atoms with E-state index in [2.05, 4.69) is 4.99 Å². The van der Waals surface area contributed by atoms with Crippen molar-refractivity contribution in [1.29, 1.82) is 5.26 Å². The van der Waals surface area contributed by atoms with Gasteiger partial charge in [-0.05, 0) is 25.0 Å². The maximum atomic E-state index is 10.1. The summed E-state index contributed by atoms with van der Waals surface area (Å²) in [6, 6.07) is 6.89. The highest BCUT2D eigenvalue weighted by Gasteiger charge is 2.10. The number of nitrogens with zero attached hydrogens (tertiary/aromatic N) is 2. The van der Waals surface area contributed by atoms with Crippen molar-refractivity contribution in [3.8, 4) is 6.07 Å². The van der Waals surface area contributed by atoms with Crippen LogP contribution in [0.5, 0.6) is 0 Å². The van der Waals surface area contributed by atoms with Crippen LogP contribution < -0.4 is 0 Å². The quantitative estimate of drug-likeness (QED) is 0.525. The molecular weight excluding hydrogens is 176 g/mol. The lowest BCUT2D eigenvalue weighted by Gasteiger charge is -2.06. The van der Waals surface area contributed by atoms with E-state index in [1.165, 1.54) is 6.08 Å². The average Bonchev–Trinajstić information content (AvgIpc) is 2.15. The number of rotatable bonds is 2. The molecule has 0 saturated carbocycles. The van der Waals surface area contributed by atoms with Crippen molar-refractivity contribution in [1.82, 2.24) is 0 Å². The van der Waals surface area contributed by atoms with Gasteiger partial charge in [-0.3, -0.25) is 0 Å². The van der Waals surface area contributed by atoms with E-state index in [1.807, 2.05) is 38.1 Å². The Morgan fingerprint density at radius 1 is 1.43 bits per heavy atom. The molecular formula is C11H10N2O. The number of hydrogen-bond donors (Lipinski definition) is 0. The zero-order chi connectivity index (χ0) is 10.6. The van der Waals surface area contributed by atoms with Crippen LogP contribution in [0.25, 0.3) is 0 Å². The fourth-order valence-corrected chi connectivity index (χ4v) is 1.35. The zero-order valence-corrected chi connectivity index (χ0v) is 8.11. The van der Waals surface area contributed by atoms with Gasteiger partial charge >= 0.3 is 0 Å². The Hall–Kier alpha value is -1.91. The molecule has 3 heteroatoms. The Labute approximate surface area is 82.7 Å². The van der Waals surface area contributed by atoms with Crippen molar-refractivity contribution >= 4 is 6.08 Å². The monoisotopic (exact) mass is 186 g/mol. The maximum Gasteiger partial charge on any atom is 0.236 e. The van der Waals surface area contributed by atoms with Crippen LogP contribution in [-0.4, -0.2) is 6.08 Å². The molecule has 1 aromatic rings. The maximum absolute atomic E-state index is 10.1. The van der Waals surface area contributed by atoms with Gasteiger partial charge in [-0.1, -0.05) is 23.8 Å². The first kappa shape index (κ1) is 10.2. The predicted molar refractivity (Wildman–Crippen MR) is 52.4 cm³/mol. The van der Waals surface area contributed by atoms with Gasteiger partial charge in [-0.25, -0.2) is 4.79 Å². The van der Waals surface area contributed by atoms with Crippen LogP contribution in [-0.2, 0) is 4.79 Å². The highest BCUT2D eigenvalue weighted by atomic mass is 16.1. The standard InChI is InChI=1S/C11H10N2O/c1-8-3-4-10(9(2)5-8)11(6-12)13-7-14/h3-5,11H,1-2H3. The molecule has 0 fully saturated rings. The van der Waals surface area contributed by atoms with Gasteiger partial charge in [0, 0.05) is 0 Å². The van der Waals surface area contributed by atoms with E-state index in [4.69, 9.17) is 5.26 Å². The number of hydrogen-bond acceptors (Lipinski definition) is 3. The van der Waals surface area contributed by atoms with Crippen molar-refractivity contribution in [2.24, 2.45) is 4.99 Å². The summed E-state index contributed by atoms with van der Waals surface area (Å²) in [4.78, 5) is 13.5. The molecule has 0 bridgehead atoms. The minimum atomic E-state index is -0.729. The van der Waals surface area contributed by atoms with Crippen molar-refractivity contribution in [2.45, 2.75) is 19.9 Å². The molecule has 0 aromatic heterocycles. The Bertz CT molecular complexity index is 425. The predicted octanol–water partition coefficient (Wildman–Crippen LogP) is 2.20. The van der Waals surface area contributed by atoms with Gasteiger partial charge in [0.1, 0.15) is 0 Å². The molecule has 14 heavy (non-hydrogen) atoms. The molecule has 0 N–H and O–H groups in total. The van der Waals surface area contributed by atoms with Crippen molar-refractivity contribution < 1.29 is 4.79 Å². The lowest BCUT2D eigenvalue weighted by molar-refractivity contribution is 0.561. The Kier molecular flexibility index (Phi) is 3.17. The SMILES string of the molecule is Cc1ccc(C(C#N)N=C=O)c(C)c1. The van der Waals surface area contributed by atoms with Crippen molar-refractivity contribution in [3.63, 3.8) is 0 Å². The summed E-state index contributed by atoms with van der Waals surface area (Å²) in [6.07, 6.45) is 1.41. The molecule has 1 rings (SSSR count). The molecule has 0 spiro atoms. The third-order valence-corrected chi connectivity index (χ3v) is 2.02. The topological polar surface area (TPSA) is 53.2 Å². The van der Waals surface area contributed by atoms with Gasteiger partial charge in [0.25, 0.3) is 0 Å².